The van der Waals surface area contributed by atoms with E-state index < -0.39 is 10.3 Å². The highest BCUT2D eigenvalue weighted by Gasteiger charge is 2.39. The molecule has 0 fully saturated rings. The molecule has 2 rings (SSSR count). The van der Waals surface area contributed by atoms with Crippen molar-refractivity contribution in [3.05, 3.63) is 54.0 Å². The number of hydrogen-bond donors (Lipinski definition) is 1. The summed E-state index contributed by atoms with van der Waals surface area (Å²) in [6.07, 6.45) is 4.06. The van der Waals surface area contributed by atoms with Crippen LogP contribution in [0, 0.1) is 0 Å². The number of hydrogen-bond acceptors (Lipinski definition) is 5. The highest BCUT2D eigenvalue weighted by molar-refractivity contribution is 8.01. The van der Waals surface area contributed by atoms with E-state index in [-0.39, 0.29) is 5.97 Å². The Hall–Kier alpha value is -1.72. The second-order valence-corrected chi connectivity index (χ2v) is 9.41. The Morgan fingerprint density at radius 3 is 2.32 bits per heavy atom. The molecule has 0 aliphatic carbocycles. The van der Waals surface area contributed by atoms with E-state index in [1.165, 1.54) is 5.56 Å². The molecular weight excluding hydrogens is 370 g/mol. The van der Waals surface area contributed by atoms with Crippen LogP contribution in [0.25, 0.3) is 0 Å². The Morgan fingerprint density at radius 2 is 1.79 bits per heavy atom. The first kappa shape index (κ1) is 22.6. The average molecular weight is 404 g/mol. The predicted octanol–water partition coefficient (Wildman–Crippen LogP) is 5.60. The number of rotatable bonds is 10. The number of furan rings is 1. The van der Waals surface area contributed by atoms with E-state index in [9.17, 15) is 4.79 Å². The van der Waals surface area contributed by atoms with Gasteiger partial charge in [-0.3, -0.25) is 4.79 Å². The number of nitrogens with one attached hydrogen (secondary N) is 1. The van der Waals surface area contributed by atoms with E-state index in [4.69, 9.17) is 9.15 Å². The summed E-state index contributed by atoms with van der Waals surface area (Å²) in [7, 11) is 0. The van der Waals surface area contributed by atoms with Crippen LogP contribution in [-0.2, 0) is 22.5 Å². The Balaban J connectivity index is 1.92. The molecule has 1 heterocycles. The highest BCUT2D eigenvalue weighted by atomic mass is 32.2. The van der Waals surface area contributed by atoms with Crippen molar-refractivity contribution in [3.63, 3.8) is 0 Å². The summed E-state index contributed by atoms with van der Waals surface area (Å²) < 4.78 is 10.5. The molecule has 0 spiro atoms. The molecule has 0 bridgehead atoms. The van der Waals surface area contributed by atoms with E-state index in [1.807, 2.05) is 32.9 Å². The quantitative estimate of drug-likeness (QED) is 0.318. The van der Waals surface area contributed by atoms with Crippen molar-refractivity contribution < 1.29 is 13.9 Å². The zero-order valence-corrected chi connectivity index (χ0v) is 18.5. The fourth-order valence-corrected chi connectivity index (χ4v) is 4.03. The number of esters is 1. The maximum Gasteiger partial charge on any atom is 0.323 e. The Bertz CT molecular complexity index is 713. The van der Waals surface area contributed by atoms with Crippen LogP contribution in [-0.4, -0.2) is 22.9 Å². The molecule has 154 valence electrons. The largest absolute Gasteiger partial charge is 0.469 e. The van der Waals surface area contributed by atoms with Crippen LogP contribution in [0.2, 0.25) is 0 Å². The fourth-order valence-electron chi connectivity index (χ4n) is 2.90. The number of ether oxygens (including phenoxy) is 1. The van der Waals surface area contributed by atoms with Crippen LogP contribution in [0.4, 0.5) is 0 Å². The third-order valence-corrected chi connectivity index (χ3v) is 6.25. The van der Waals surface area contributed by atoms with Crippen molar-refractivity contribution >= 4 is 17.7 Å². The van der Waals surface area contributed by atoms with Gasteiger partial charge in [-0.2, -0.15) is 0 Å². The molecule has 0 amide bonds. The van der Waals surface area contributed by atoms with Crippen LogP contribution >= 0.6 is 11.8 Å². The summed E-state index contributed by atoms with van der Waals surface area (Å²) in [5, 5.41) is 3.43. The number of carbonyl (C=O) groups is 1. The highest BCUT2D eigenvalue weighted by Crippen LogP contribution is 2.40. The lowest BCUT2D eigenvalue weighted by atomic mass is 10.0. The number of benzene rings is 1. The first-order chi connectivity index (χ1) is 13.3. The fraction of sp³-hybridized carbons (Fsp3) is 0.522. The maximum absolute atomic E-state index is 12.8. The molecule has 0 aliphatic heterocycles. The van der Waals surface area contributed by atoms with Crippen molar-refractivity contribution in [2.24, 2.45) is 0 Å². The first-order valence-electron chi connectivity index (χ1n) is 10.0. The molecule has 0 aliphatic rings. The van der Waals surface area contributed by atoms with Gasteiger partial charge >= 0.3 is 5.97 Å². The van der Waals surface area contributed by atoms with Gasteiger partial charge in [-0.25, -0.2) is 0 Å². The molecule has 0 saturated heterocycles. The van der Waals surface area contributed by atoms with E-state index >= 15 is 0 Å². The monoisotopic (exact) mass is 403 g/mol. The van der Waals surface area contributed by atoms with Crippen LogP contribution in [0.5, 0.6) is 0 Å². The van der Waals surface area contributed by atoms with Gasteiger partial charge in [0.05, 0.1) is 6.26 Å². The van der Waals surface area contributed by atoms with Gasteiger partial charge in [0, 0.05) is 24.4 Å². The molecule has 1 aromatic carbocycles. The molecular formula is C23H33NO3S. The smallest absolute Gasteiger partial charge is 0.323 e. The van der Waals surface area contributed by atoms with Crippen molar-refractivity contribution in [3.8, 4) is 0 Å². The van der Waals surface area contributed by atoms with Crippen molar-refractivity contribution in [2.75, 3.05) is 6.54 Å². The molecule has 28 heavy (non-hydrogen) atoms. The molecule has 1 aromatic heterocycles. The van der Waals surface area contributed by atoms with Crippen LogP contribution in [0.1, 0.15) is 58.8 Å². The average Bonchev–Trinajstić information content (AvgIpc) is 3.16. The topological polar surface area (TPSA) is 51.5 Å². The van der Waals surface area contributed by atoms with Crippen molar-refractivity contribution in [2.45, 2.75) is 75.7 Å². The minimum atomic E-state index is -0.546. The summed E-state index contributed by atoms with van der Waals surface area (Å²) in [5.41, 5.74) is 0.748. The minimum absolute atomic E-state index is 0.126. The van der Waals surface area contributed by atoms with E-state index in [2.05, 4.69) is 43.4 Å². The van der Waals surface area contributed by atoms with Gasteiger partial charge in [0.25, 0.3) is 0 Å². The lowest BCUT2D eigenvalue weighted by Crippen LogP contribution is -2.40. The second-order valence-electron chi connectivity index (χ2n) is 7.96. The minimum Gasteiger partial charge on any atom is -0.469 e. The number of carbonyl (C=O) groups excluding carboxylic acids is 1. The van der Waals surface area contributed by atoms with Gasteiger partial charge in [-0.1, -0.05) is 26.0 Å². The van der Waals surface area contributed by atoms with Crippen LogP contribution < -0.4 is 5.32 Å². The molecule has 0 unspecified atom stereocenters. The lowest BCUT2D eigenvalue weighted by molar-refractivity contribution is -0.158. The summed E-state index contributed by atoms with van der Waals surface area (Å²) >= 11 is 1.61. The standard InChI is InChI=1S/C23H33NO3S/c1-6-23(7-2,21(25)27-22(3,4)5)28-20-12-10-18(11-13-20)17-24-15-14-19-9-8-16-26-19/h8-13,16,24H,6-7,14-15,17H2,1-5H3. The molecule has 4 nitrogen and oxygen atoms in total. The summed E-state index contributed by atoms with van der Waals surface area (Å²) in [5.74, 6) is 0.871. The predicted molar refractivity (Wildman–Crippen MR) is 116 cm³/mol. The lowest BCUT2D eigenvalue weighted by Gasteiger charge is -2.32. The summed E-state index contributed by atoms with van der Waals surface area (Å²) in [4.78, 5) is 13.9. The van der Waals surface area contributed by atoms with Gasteiger partial charge in [0.1, 0.15) is 16.1 Å². The molecule has 5 heteroatoms. The Morgan fingerprint density at radius 1 is 1.11 bits per heavy atom. The summed E-state index contributed by atoms with van der Waals surface area (Å²) in [6.45, 7) is 11.5. The Labute approximate surface area is 173 Å². The molecule has 1 N–H and O–H groups in total. The Kier molecular flexibility index (Phi) is 8.20. The van der Waals surface area contributed by atoms with E-state index in [0.717, 1.165) is 43.0 Å². The van der Waals surface area contributed by atoms with Crippen molar-refractivity contribution in [1.82, 2.24) is 5.32 Å². The van der Waals surface area contributed by atoms with Gasteiger partial charge in [-0.05, 0) is 63.4 Å². The molecule has 0 radical (unpaired) electrons. The normalized spacial score (nSPS) is 12.2. The van der Waals surface area contributed by atoms with Gasteiger partial charge in [-0.15, -0.1) is 11.8 Å². The molecule has 0 atom stereocenters. The third kappa shape index (κ3) is 6.71. The van der Waals surface area contributed by atoms with E-state index in [1.54, 1.807) is 18.0 Å². The second kappa shape index (κ2) is 10.2. The third-order valence-electron chi connectivity index (χ3n) is 4.61. The maximum atomic E-state index is 12.8. The van der Waals surface area contributed by atoms with Gasteiger partial charge < -0.3 is 14.5 Å². The first-order valence-corrected chi connectivity index (χ1v) is 10.8. The zero-order valence-electron chi connectivity index (χ0n) is 17.7. The summed E-state index contributed by atoms with van der Waals surface area (Å²) in [6, 6.07) is 12.3. The zero-order chi connectivity index (χ0) is 20.6. The number of thioether (sulfide) groups is 1. The van der Waals surface area contributed by atoms with E-state index in [0.29, 0.717) is 0 Å². The van der Waals surface area contributed by atoms with Gasteiger partial charge in [0.2, 0.25) is 0 Å². The van der Waals surface area contributed by atoms with Crippen LogP contribution in [0.3, 0.4) is 0 Å². The SMILES string of the molecule is CCC(CC)(Sc1ccc(CNCCc2ccco2)cc1)C(=O)OC(C)(C)C. The van der Waals surface area contributed by atoms with Gasteiger partial charge in [0.15, 0.2) is 0 Å². The van der Waals surface area contributed by atoms with Crippen LogP contribution in [0.15, 0.2) is 52.0 Å². The molecule has 0 saturated carbocycles. The molecule has 2 aromatic rings. The van der Waals surface area contributed by atoms with Crippen molar-refractivity contribution in [1.29, 1.82) is 0 Å².